The van der Waals surface area contributed by atoms with E-state index in [-0.39, 0.29) is 6.04 Å². The van der Waals surface area contributed by atoms with Gasteiger partial charge in [0.25, 0.3) is 0 Å². The van der Waals surface area contributed by atoms with Gasteiger partial charge in [0.15, 0.2) is 0 Å². The summed E-state index contributed by atoms with van der Waals surface area (Å²) < 4.78 is 0. The molecule has 0 aliphatic heterocycles. The van der Waals surface area contributed by atoms with Crippen LogP contribution in [0.25, 0.3) is 0 Å². The molecular weight excluding hydrogens is 206 g/mol. The van der Waals surface area contributed by atoms with Gasteiger partial charge in [0, 0.05) is 24.5 Å². The van der Waals surface area contributed by atoms with Gasteiger partial charge in [-0.15, -0.1) is 11.8 Å². The third-order valence-corrected chi connectivity index (χ3v) is 3.00. The minimum absolute atomic E-state index is 0.0679. The summed E-state index contributed by atoms with van der Waals surface area (Å²) in [5.74, 6) is 1.07. The van der Waals surface area contributed by atoms with E-state index in [9.17, 15) is 0 Å². The number of rotatable bonds is 5. The molecule has 84 valence electrons. The lowest BCUT2D eigenvalue weighted by atomic mass is 10.2. The molecule has 0 radical (unpaired) electrons. The maximum absolute atomic E-state index is 5.75. The zero-order chi connectivity index (χ0) is 11.3. The number of hydrogen-bond acceptors (Lipinski definition) is 4. The number of hydrogen-bond donors (Lipinski definition) is 1. The Labute approximate surface area is 96.1 Å². The third-order valence-electron chi connectivity index (χ3n) is 2.07. The minimum Gasteiger partial charge on any atom is -0.324 e. The number of pyridine rings is 1. The summed E-state index contributed by atoms with van der Waals surface area (Å²) >= 11 is 1.78. The highest BCUT2D eigenvalue weighted by Gasteiger charge is 2.00. The lowest BCUT2D eigenvalue weighted by Gasteiger charge is -2.09. The largest absolute Gasteiger partial charge is 0.324 e. The summed E-state index contributed by atoms with van der Waals surface area (Å²) in [6.45, 7) is 3.04. The molecule has 0 aromatic carbocycles. The van der Waals surface area contributed by atoms with Crippen LogP contribution in [0.3, 0.4) is 0 Å². The van der Waals surface area contributed by atoms with E-state index < -0.39 is 0 Å². The van der Waals surface area contributed by atoms with Crippen molar-refractivity contribution in [2.24, 2.45) is 5.73 Å². The van der Waals surface area contributed by atoms with Gasteiger partial charge < -0.3 is 10.6 Å². The summed E-state index contributed by atoms with van der Waals surface area (Å²) in [7, 11) is 4.15. The Balaban J connectivity index is 2.43. The van der Waals surface area contributed by atoms with Gasteiger partial charge in [0.1, 0.15) is 0 Å². The number of aromatic nitrogens is 1. The van der Waals surface area contributed by atoms with Gasteiger partial charge in [0.2, 0.25) is 0 Å². The van der Waals surface area contributed by atoms with Gasteiger partial charge in [-0.25, -0.2) is 4.98 Å². The molecule has 0 saturated heterocycles. The Bertz CT molecular complexity index is 282. The minimum atomic E-state index is 0.0679. The second kappa shape index (κ2) is 6.10. The number of nitrogens with two attached hydrogens (primary N) is 1. The highest BCUT2D eigenvalue weighted by molar-refractivity contribution is 7.99. The predicted octanol–water partition coefficient (Wildman–Crippen LogP) is 1.76. The second-order valence-corrected chi connectivity index (χ2v) is 4.99. The normalized spacial score (nSPS) is 13.1. The van der Waals surface area contributed by atoms with E-state index >= 15 is 0 Å². The van der Waals surface area contributed by atoms with Gasteiger partial charge in [-0.05, 0) is 32.6 Å². The first kappa shape index (κ1) is 12.5. The van der Waals surface area contributed by atoms with E-state index in [2.05, 4.69) is 30.0 Å². The molecule has 1 aromatic heterocycles. The fraction of sp³-hybridized carbons (Fsp3) is 0.545. The molecule has 0 spiro atoms. The van der Waals surface area contributed by atoms with Crippen LogP contribution >= 0.6 is 11.8 Å². The Hall–Kier alpha value is -0.580. The molecule has 1 atom stereocenters. The van der Waals surface area contributed by atoms with Gasteiger partial charge in [-0.1, -0.05) is 6.07 Å². The topological polar surface area (TPSA) is 42.1 Å². The van der Waals surface area contributed by atoms with E-state index in [1.54, 1.807) is 11.8 Å². The highest BCUT2D eigenvalue weighted by atomic mass is 32.2. The summed E-state index contributed by atoms with van der Waals surface area (Å²) in [6, 6.07) is 4.16. The predicted molar refractivity (Wildman–Crippen MR) is 66.1 cm³/mol. The van der Waals surface area contributed by atoms with Crippen molar-refractivity contribution in [1.29, 1.82) is 0 Å². The van der Waals surface area contributed by atoms with Crippen LogP contribution in [0.1, 0.15) is 18.5 Å². The van der Waals surface area contributed by atoms with Crippen molar-refractivity contribution < 1.29 is 0 Å². The molecule has 0 fully saturated rings. The molecule has 0 amide bonds. The SMILES string of the molecule is C[C@H](N)c1ccc(SCCN(C)C)nc1. The Kier molecular flexibility index (Phi) is 5.08. The van der Waals surface area contributed by atoms with Crippen molar-refractivity contribution in [1.82, 2.24) is 9.88 Å². The molecule has 3 nitrogen and oxygen atoms in total. The average Bonchev–Trinajstić information content (AvgIpc) is 2.18. The molecule has 0 unspecified atom stereocenters. The molecule has 2 N–H and O–H groups in total. The third kappa shape index (κ3) is 4.64. The molecular formula is C11H19N3S. The fourth-order valence-electron chi connectivity index (χ4n) is 1.08. The van der Waals surface area contributed by atoms with E-state index in [4.69, 9.17) is 5.73 Å². The summed E-state index contributed by atoms with van der Waals surface area (Å²) in [4.78, 5) is 6.53. The smallest absolute Gasteiger partial charge is 0.0960 e. The molecule has 0 bridgehead atoms. The molecule has 1 heterocycles. The molecule has 15 heavy (non-hydrogen) atoms. The van der Waals surface area contributed by atoms with Crippen molar-refractivity contribution in [3.8, 4) is 0 Å². The first-order valence-electron chi connectivity index (χ1n) is 5.08. The van der Waals surface area contributed by atoms with Crippen LogP contribution < -0.4 is 5.73 Å². The molecule has 0 saturated carbocycles. The standard InChI is InChI=1S/C11H19N3S/c1-9(12)10-4-5-11(13-8-10)15-7-6-14(2)3/h4-5,8-9H,6-7,12H2,1-3H3/t9-/m0/s1. The van der Waals surface area contributed by atoms with Gasteiger partial charge in [0.05, 0.1) is 5.03 Å². The quantitative estimate of drug-likeness (QED) is 0.775. The van der Waals surface area contributed by atoms with Gasteiger partial charge >= 0.3 is 0 Å². The Morgan fingerprint density at radius 1 is 1.47 bits per heavy atom. The van der Waals surface area contributed by atoms with Crippen LogP contribution in [0.4, 0.5) is 0 Å². The Morgan fingerprint density at radius 3 is 2.67 bits per heavy atom. The van der Waals surface area contributed by atoms with Crippen molar-refractivity contribution in [3.05, 3.63) is 23.9 Å². The maximum atomic E-state index is 5.75. The van der Waals surface area contributed by atoms with E-state index in [1.807, 2.05) is 19.2 Å². The van der Waals surface area contributed by atoms with E-state index in [1.165, 1.54) is 0 Å². The maximum Gasteiger partial charge on any atom is 0.0960 e. The fourth-order valence-corrected chi connectivity index (χ4v) is 2.04. The monoisotopic (exact) mass is 225 g/mol. The average molecular weight is 225 g/mol. The van der Waals surface area contributed by atoms with Crippen LogP contribution in [-0.4, -0.2) is 36.3 Å². The van der Waals surface area contributed by atoms with Crippen LogP contribution in [0.5, 0.6) is 0 Å². The first-order chi connectivity index (χ1) is 7.09. The van der Waals surface area contributed by atoms with Crippen LogP contribution in [-0.2, 0) is 0 Å². The first-order valence-corrected chi connectivity index (χ1v) is 6.07. The summed E-state index contributed by atoms with van der Waals surface area (Å²) in [5, 5.41) is 1.07. The molecule has 0 aliphatic carbocycles. The van der Waals surface area contributed by atoms with Crippen molar-refractivity contribution in [3.63, 3.8) is 0 Å². The lowest BCUT2D eigenvalue weighted by Crippen LogP contribution is -2.14. The van der Waals surface area contributed by atoms with Gasteiger partial charge in [-0.2, -0.15) is 0 Å². The molecule has 1 aromatic rings. The number of thioether (sulfide) groups is 1. The summed E-state index contributed by atoms with van der Waals surface area (Å²) in [6.07, 6.45) is 1.86. The van der Waals surface area contributed by atoms with E-state index in [0.717, 1.165) is 22.9 Å². The lowest BCUT2D eigenvalue weighted by molar-refractivity contribution is 0.437. The molecule has 1 rings (SSSR count). The van der Waals surface area contributed by atoms with Crippen molar-refractivity contribution in [2.75, 3.05) is 26.4 Å². The summed E-state index contributed by atoms with van der Waals surface area (Å²) in [5.41, 5.74) is 6.84. The number of nitrogens with zero attached hydrogens (tertiary/aromatic N) is 2. The van der Waals surface area contributed by atoms with Crippen molar-refractivity contribution in [2.45, 2.75) is 18.0 Å². The van der Waals surface area contributed by atoms with Crippen LogP contribution in [0.15, 0.2) is 23.4 Å². The van der Waals surface area contributed by atoms with E-state index in [0.29, 0.717) is 0 Å². The van der Waals surface area contributed by atoms with Crippen LogP contribution in [0.2, 0.25) is 0 Å². The van der Waals surface area contributed by atoms with Crippen LogP contribution in [0, 0.1) is 0 Å². The zero-order valence-electron chi connectivity index (χ0n) is 9.60. The zero-order valence-corrected chi connectivity index (χ0v) is 10.4. The molecule has 0 aliphatic rings. The highest BCUT2D eigenvalue weighted by Crippen LogP contribution is 2.16. The van der Waals surface area contributed by atoms with Gasteiger partial charge in [-0.3, -0.25) is 0 Å². The van der Waals surface area contributed by atoms with Crippen molar-refractivity contribution >= 4 is 11.8 Å². The second-order valence-electron chi connectivity index (χ2n) is 3.87. The molecule has 4 heteroatoms. The Morgan fingerprint density at radius 2 is 2.20 bits per heavy atom.